The Morgan fingerprint density at radius 2 is 2.00 bits per heavy atom. The van der Waals surface area contributed by atoms with Crippen LogP contribution in [0.15, 0.2) is 24.3 Å². The van der Waals surface area contributed by atoms with Gasteiger partial charge in [-0.05, 0) is 50.3 Å². The highest BCUT2D eigenvalue weighted by Crippen LogP contribution is 2.30. The first-order valence-corrected chi connectivity index (χ1v) is 7.83. The Balaban J connectivity index is 2.05. The van der Waals surface area contributed by atoms with E-state index in [2.05, 4.69) is 5.32 Å². The fourth-order valence-electron chi connectivity index (χ4n) is 2.85. The Bertz CT molecular complexity index is 551. The summed E-state index contributed by atoms with van der Waals surface area (Å²) in [6, 6.07) is 7.41. The molecule has 0 unspecified atom stereocenters. The number of nitrogens with one attached hydrogen (secondary N) is 1. The summed E-state index contributed by atoms with van der Waals surface area (Å²) in [5.74, 6) is -0.307. The van der Waals surface area contributed by atoms with E-state index in [1.165, 1.54) is 0 Å². The van der Waals surface area contributed by atoms with Crippen molar-refractivity contribution in [2.75, 3.05) is 11.9 Å². The molecule has 0 bridgehead atoms. The molecule has 0 atom stereocenters. The number of aliphatic hydroxyl groups is 1. The van der Waals surface area contributed by atoms with E-state index >= 15 is 0 Å². The summed E-state index contributed by atoms with van der Waals surface area (Å²) in [5, 5.41) is 13.1. The number of hydrogen-bond donors (Lipinski definition) is 2. The van der Waals surface area contributed by atoms with E-state index in [0.717, 1.165) is 18.4 Å². The minimum absolute atomic E-state index is 0.0252. The molecule has 0 saturated heterocycles. The first-order chi connectivity index (χ1) is 10.4. The number of benzene rings is 1. The predicted molar refractivity (Wildman–Crippen MR) is 85.3 cm³/mol. The molecule has 1 aromatic rings. The number of anilines is 1. The SMILES string of the molecule is CCN(Cc1cccc(NC(=O)C2(O)CCCC2)c1)C(C)=O. The van der Waals surface area contributed by atoms with Gasteiger partial charge in [0.1, 0.15) is 5.60 Å². The molecule has 22 heavy (non-hydrogen) atoms. The lowest BCUT2D eigenvalue weighted by Gasteiger charge is -2.22. The maximum absolute atomic E-state index is 12.2. The van der Waals surface area contributed by atoms with Crippen LogP contribution in [-0.4, -0.2) is 34.0 Å². The molecular formula is C17H24N2O3. The third-order valence-corrected chi connectivity index (χ3v) is 4.24. The van der Waals surface area contributed by atoms with Crippen molar-refractivity contribution in [1.82, 2.24) is 4.90 Å². The van der Waals surface area contributed by atoms with Crippen molar-refractivity contribution >= 4 is 17.5 Å². The molecule has 2 rings (SSSR count). The normalized spacial score (nSPS) is 16.3. The van der Waals surface area contributed by atoms with Crippen LogP contribution < -0.4 is 5.32 Å². The molecule has 1 aliphatic carbocycles. The van der Waals surface area contributed by atoms with Crippen LogP contribution in [-0.2, 0) is 16.1 Å². The van der Waals surface area contributed by atoms with Crippen LogP contribution >= 0.6 is 0 Å². The van der Waals surface area contributed by atoms with Gasteiger partial charge in [-0.2, -0.15) is 0 Å². The molecule has 1 aromatic carbocycles. The molecule has 1 fully saturated rings. The molecule has 0 spiro atoms. The van der Waals surface area contributed by atoms with Crippen molar-refractivity contribution in [3.8, 4) is 0 Å². The fraction of sp³-hybridized carbons (Fsp3) is 0.529. The average molecular weight is 304 g/mol. The van der Waals surface area contributed by atoms with Crippen molar-refractivity contribution in [3.05, 3.63) is 29.8 Å². The van der Waals surface area contributed by atoms with Gasteiger partial charge in [0.2, 0.25) is 5.91 Å². The van der Waals surface area contributed by atoms with Crippen LogP contribution in [0.5, 0.6) is 0 Å². The topological polar surface area (TPSA) is 69.6 Å². The molecule has 5 nitrogen and oxygen atoms in total. The fourth-order valence-corrected chi connectivity index (χ4v) is 2.85. The van der Waals surface area contributed by atoms with Gasteiger partial charge in [-0.25, -0.2) is 0 Å². The molecule has 5 heteroatoms. The van der Waals surface area contributed by atoms with Gasteiger partial charge in [0.05, 0.1) is 0 Å². The minimum atomic E-state index is -1.23. The van der Waals surface area contributed by atoms with Crippen LogP contribution in [0.1, 0.15) is 45.1 Å². The van der Waals surface area contributed by atoms with Crippen molar-refractivity contribution in [1.29, 1.82) is 0 Å². The highest BCUT2D eigenvalue weighted by atomic mass is 16.3. The van der Waals surface area contributed by atoms with E-state index in [1.54, 1.807) is 17.9 Å². The van der Waals surface area contributed by atoms with Crippen LogP contribution in [0, 0.1) is 0 Å². The van der Waals surface area contributed by atoms with E-state index in [4.69, 9.17) is 0 Å². The van der Waals surface area contributed by atoms with Crippen molar-refractivity contribution in [2.45, 2.75) is 51.7 Å². The van der Waals surface area contributed by atoms with Crippen molar-refractivity contribution in [3.63, 3.8) is 0 Å². The lowest BCUT2D eigenvalue weighted by atomic mass is 10.0. The zero-order chi connectivity index (χ0) is 16.2. The lowest BCUT2D eigenvalue weighted by molar-refractivity contribution is -0.133. The maximum atomic E-state index is 12.2. The van der Waals surface area contributed by atoms with E-state index in [0.29, 0.717) is 31.6 Å². The van der Waals surface area contributed by atoms with Gasteiger partial charge in [0.25, 0.3) is 5.91 Å². The van der Waals surface area contributed by atoms with Crippen LogP contribution in [0.3, 0.4) is 0 Å². The van der Waals surface area contributed by atoms with Crippen LogP contribution in [0.25, 0.3) is 0 Å². The molecule has 1 saturated carbocycles. The first-order valence-electron chi connectivity index (χ1n) is 7.83. The molecule has 0 radical (unpaired) electrons. The Kier molecular flexibility index (Phi) is 5.19. The van der Waals surface area contributed by atoms with E-state index in [-0.39, 0.29) is 11.8 Å². The zero-order valence-corrected chi connectivity index (χ0v) is 13.3. The minimum Gasteiger partial charge on any atom is -0.380 e. The first kappa shape index (κ1) is 16.5. The molecule has 2 N–H and O–H groups in total. The summed E-state index contributed by atoms with van der Waals surface area (Å²) in [5.41, 5.74) is 0.376. The summed E-state index contributed by atoms with van der Waals surface area (Å²) >= 11 is 0. The third-order valence-electron chi connectivity index (χ3n) is 4.24. The summed E-state index contributed by atoms with van der Waals surface area (Å²) in [6.45, 7) is 4.64. The highest BCUT2D eigenvalue weighted by molar-refractivity contribution is 5.97. The molecule has 0 aliphatic heterocycles. The Hall–Kier alpha value is -1.88. The molecule has 120 valence electrons. The Morgan fingerprint density at radius 1 is 1.32 bits per heavy atom. The van der Waals surface area contributed by atoms with E-state index < -0.39 is 5.60 Å². The second-order valence-corrected chi connectivity index (χ2v) is 5.93. The van der Waals surface area contributed by atoms with E-state index in [9.17, 15) is 14.7 Å². The van der Waals surface area contributed by atoms with Gasteiger partial charge >= 0.3 is 0 Å². The molecule has 0 aromatic heterocycles. The zero-order valence-electron chi connectivity index (χ0n) is 13.3. The van der Waals surface area contributed by atoms with Gasteiger partial charge < -0.3 is 15.3 Å². The summed E-state index contributed by atoms with van der Waals surface area (Å²) in [7, 11) is 0. The highest BCUT2D eigenvalue weighted by Gasteiger charge is 2.38. The second-order valence-electron chi connectivity index (χ2n) is 5.93. The van der Waals surface area contributed by atoms with E-state index in [1.807, 2.05) is 25.1 Å². The summed E-state index contributed by atoms with van der Waals surface area (Å²) in [6.07, 6.45) is 2.81. The monoisotopic (exact) mass is 304 g/mol. The van der Waals surface area contributed by atoms with Crippen LogP contribution in [0.2, 0.25) is 0 Å². The predicted octanol–water partition coefficient (Wildman–Crippen LogP) is 2.30. The average Bonchev–Trinajstić information content (AvgIpc) is 2.93. The standard InChI is InChI=1S/C17H24N2O3/c1-3-19(13(2)20)12-14-7-6-8-15(11-14)18-16(21)17(22)9-4-5-10-17/h6-8,11,22H,3-5,9-10,12H2,1-2H3,(H,18,21). The van der Waals surface area contributed by atoms with Crippen LogP contribution in [0.4, 0.5) is 5.69 Å². The summed E-state index contributed by atoms with van der Waals surface area (Å²) in [4.78, 5) is 25.4. The number of nitrogens with zero attached hydrogens (tertiary/aromatic N) is 1. The third kappa shape index (κ3) is 3.85. The number of carbonyl (C=O) groups is 2. The van der Waals surface area contributed by atoms with Gasteiger partial charge in [-0.1, -0.05) is 12.1 Å². The number of hydrogen-bond acceptors (Lipinski definition) is 3. The molecule has 1 aliphatic rings. The van der Waals surface area contributed by atoms with Crippen molar-refractivity contribution < 1.29 is 14.7 Å². The van der Waals surface area contributed by atoms with Gasteiger partial charge in [0, 0.05) is 25.7 Å². The smallest absolute Gasteiger partial charge is 0.256 e. The number of rotatable bonds is 5. The van der Waals surface area contributed by atoms with Gasteiger partial charge in [-0.3, -0.25) is 9.59 Å². The van der Waals surface area contributed by atoms with Gasteiger partial charge in [0.15, 0.2) is 0 Å². The largest absolute Gasteiger partial charge is 0.380 e. The Morgan fingerprint density at radius 3 is 2.59 bits per heavy atom. The number of amides is 2. The molecule has 2 amide bonds. The van der Waals surface area contributed by atoms with Gasteiger partial charge in [-0.15, -0.1) is 0 Å². The Labute approximate surface area is 131 Å². The van der Waals surface area contributed by atoms with Crippen molar-refractivity contribution in [2.24, 2.45) is 0 Å². The quantitative estimate of drug-likeness (QED) is 0.877. The maximum Gasteiger partial charge on any atom is 0.256 e. The lowest BCUT2D eigenvalue weighted by Crippen LogP contribution is -2.40. The number of carbonyl (C=O) groups excluding carboxylic acids is 2. The molecule has 0 heterocycles. The summed E-state index contributed by atoms with van der Waals surface area (Å²) < 4.78 is 0. The molecular weight excluding hydrogens is 280 g/mol. The second kappa shape index (κ2) is 6.92.